The molecule has 1 rings (SSSR count). The lowest BCUT2D eigenvalue weighted by Crippen LogP contribution is -2.35. The first-order valence-corrected chi connectivity index (χ1v) is 7.29. The van der Waals surface area contributed by atoms with Crippen LogP contribution in [0.25, 0.3) is 0 Å². The van der Waals surface area contributed by atoms with Gasteiger partial charge in [0.2, 0.25) is 5.91 Å². The summed E-state index contributed by atoms with van der Waals surface area (Å²) in [4.78, 5) is 12.0. The SMILES string of the molecule is CCCCC(CCC)NC(=O)Cc1ccc(N)cc1. The van der Waals surface area contributed by atoms with E-state index in [9.17, 15) is 4.79 Å². The minimum absolute atomic E-state index is 0.110. The van der Waals surface area contributed by atoms with Crippen LogP contribution in [0.1, 0.15) is 51.5 Å². The standard InChI is InChI=1S/C16H26N2O/c1-3-5-7-15(6-4-2)18-16(19)12-13-8-10-14(17)11-9-13/h8-11,15H,3-7,12,17H2,1-2H3,(H,18,19). The van der Waals surface area contributed by atoms with E-state index < -0.39 is 0 Å². The van der Waals surface area contributed by atoms with Gasteiger partial charge in [-0.15, -0.1) is 0 Å². The van der Waals surface area contributed by atoms with Gasteiger partial charge in [0.1, 0.15) is 0 Å². The summed E-state index contributed by atoms with van der Waals surface area (Å²) in [7, 11) is 0. The van der Waals surface area contributed by atoms with E-state index in [-0.39, 0.29) is 5.91 Å². The zero-order chi connectivity index (χ0) is 14.1. The molecule has 1 atom stereocenters. The highest BCUT2D eigenvalue weighted by molar-refractivity contribution is 5.78. The van der Waals surface area contributed by atoms with Gasteiger partial charge in [-0.25, -0.2) is 0 Å². The molecule has 0 saturated carbocycles. The van der Waals surface area contributed by atoms with Crippen molar-refractivity contribution < 1.29 is 4.79 Å². The van der Waals surface area contributed by atoms with Gasteiger partial charge < -0.3 is 11.1 Å². The highest BCUT2D eigenvalue weighted by atomic mass is 16.1. The molecule has 1 amide bonds. The number of hydrogen-bond donors (Lipinski definition) is 2. The maximum atomic E-state index is 12.0. The number of hydrogen-bond acceptors (Lipinski definition) is 2. The lowest BCUT2D eigenvalue weighted by Gasteiger charge is -2.17. The van der Waals surface area contributed by atoms with Gasteiger partial charge in [0.25, 0.3) is 0 Å². The van der Waals surface area contributed by atoms with Crippen molar-refractivity contribution in [1.29, 1.82) is 0 Å². The number of carbonyl (C=O) groups is 1. The molecule has 3 nitrogen and oxygen atoms in total. The molecule has 0 bridgehead atoms. The van der Waals surface area contributed by atoms with Crippen molar-refractivity contribution in [2.24, 2.45) is 0 Å². The summed E-state index contributed by atoms with van der Waals surface area (Å²) in [5.41, 5.74) is 7.38. The minimum Gasteiger partial charge on any atom is -0.399 e. The Kier molecular flexibility index (Phi) is 7.01. The van der Waals surface area contributed by atoms with Crippen molar-refractivity contribution in [2.45, 2.75) is 58.4 Å². The van der Waals surface area contributed by atoms with Crippen molar-refractivity contribution >= 4 is 11.6 Å². The Hall–Kier alpha value is -1.51. The van der Waals surface area contributed by atoms with Crippen LogP contribution in [-0.2, 0) is 11.2 Å². The molecule has 19 heavy (non-hydrogen) atoms. The van der Waals surface area contributed by atoms with E-state index in [1.165, 1.54) is 12.8 Å². The number of amides is 1. The molecule has 0 aromatic heterocycles. The highest BCUT2D eigenvalue weighted by Crippen LogP contribution is 2.09. The van der Waals surface area contributed by atoms with Gasteiger partial charge in [-0.1, -0.05) is 45.2 Å². The second kappa shape index (κ2) is 8.57. The summed E-state index contributed by atoms with van der Waals surface area (Å²) >= 11 is 0. The molecule has 1 unspecified atom stereocenters. The quantitative estimate of drug-likeness (QED) is 0.706. The summed E-state index contributed by atoms with van der Waals surface area (Å²) in [5, 5.41) is 3.15. The van der Waals surface area contributed by atoms with Crippen molar-refractivity contribution in [3.05, 3.63) is 29.8 Å². The fourth-order valence-corrected chi connectivity index (χ4v) is 2.19. The van der Waals surface area contributed by atoms with Crippen LogP contribution >= 0.6 is 0 Å². The topological polar surface area (TPSA) is 55.1 Å². The molecule has 1 aromatic carbocycles. The van der Waals surface area contributed by atoms with E-state index in [4.69, 9.17) is 5.73 Å². The largest absolute Gasteiger partial charge is 0.399 e. The van der Waals surface area contributed by atoms with Crippen LogP contribution in [0.4, 0.5) is 5.69 Å². The Balaban J connectivity index is 2.45. The Labute approximate surface area is 116 Å². The number of nitrogen functional groups attached to an aromatic ring is 1. The van der Waals surface area contributed by atoms with E-state index in [1.807, 2.05) is 24.3 Å². The average molecular weight is 262 g/mol. The number of nitrogens with one attached hydrogen (secondary N) is 1. The van der Waals surface area contributed by atoms with Gasteiger partial charge in [-0.3, -0.25) is 4.79 Å². The van der Waals surface area contributed by atoms with E-state index in [2.05, 4.69) is 19.2 Å². The van der Waals surface area contributed by atoms with Crippen molar-refractivity contribution in [2.75, 3.05) is 5.73 Å². The Bertz CT molecular complexity index is 373. The molecule has 0 aliphatic heterocycles. The zero-order valence-electron chi connectivity index (χ0n) is 12.1. The van der Waals surface area contributed by atoms with Crippen LogP contribution in [0, 0.1) is 0 Å². The van der Waals surface area contributed by atoms with Gasteiger partial charge >= 0.3 is 0 Å². The fraction of sp³-hybridized carbons (Fsp3) is 0.562. The molecule has 106 valence electrons. The zero-order valence-corrected chi connectivity index (χ0v) is 12.1. The summed E-state index contributed by atoms with van der Waals surface area (Å²) in [6.45, 7) is 4.34. The third-order valence-corrected chi connectivity index (χ3v) is 3.25. The maximum Gasteiger partial charge on any atom is 0.224 e. The second-order valence-corrected chi connectivity index (χ2v) is 5.11. The van der Waals surface area contributed by atoms with Gasteiger partial charge in [0, 0.05) is 11.7 Å². The normalized spacial score (nSPS) is 12.1. The smallest absolute Gasteiger partial charge is 0.224 e. The van der Waals surface area contributed by atoms with Gasteiger partial charge in [0.05, 0.1) is 6.42 Å². The number of nitrogens with two attached hydrogens (primary N) is 1. The molecule has 0 aliphatic rings. The first-order chi connectivity index (χ1) is 9.15. The van der Waals surface area contributed by atoms with Gasteiger partial charge in [-0.05, 0) is 30.5 Å². The lowest BCUT2D eigenvalue weighted by atomic mass is 10.0. The Morgan fingerprint density at radius 2 is 1.84 bits per heavy atom. The molecule has 0 aliphatic carbocycles. The molecule has 0 spiro atoms. The monoisotopic (exact) mass is 262 g/mol. The molecule has 3 heteroatoms. The summed E-state index contributed by atoms with van der Waals surface area (Å²) in [6, 6.07) is 7.82. The van der Waals surface area contributed by atoms with Crippen LogP contribution in [-0.4, -0.2) is 11.9 Å². The van der Waals surface area contributed by atoms with Crippen molar-refractivity contribution in [3.63, 3.8) is 0 Å². The number of carbonyl (C=O) groups excluding carboxylic acids is 1. The number of benzene rings is 1. The van der Waals surface area contributed by atoms with E-state index in [1.54, 1.807) is 0 Å². The predicted molar refractivity (Wildman–Crippen MR) is 80.9 cm³/mol. The number of unbranched alkanes of at least 4 members (excludes halogenated alkanes) is 1. The molecule has 3 N–H and O–H groups in total. The predicted octanol–water partition coefficient (Wildman–Crippen LogP) is 3.29. The van der Waals surface area contributed by atoms with Crippen molar-refractivity contribution in [1.82, 2.24) is 5.32 Å². The van der Waals surface area contributed by atoms with Crippen LogP contribution in [0.2, 0.25) is 0 Å². The second-order valence-electron chi connectivity index (χ2n) is 5.11. The lowest BCUT2D eigenvalue weighted by molar-refractivity contribution is -0.121. The molecule has 0 radical (unpaired) electrons. The highest BCUT2D eigenvalue weighted by Gasteiger charge is 2.11. The molecule has 0 heterocycles. The van der Waals surface area contributed by atoms with Crippen molar-refractivity contribution in [3.8, 4) is 0 Å². The Morgan fingerprint density at radius 3 is 2.42 bits per heavy atom. The number of rotatable bonds is 8. The first kappa shape index (κ1) is 15.5. The molecule has 0 fully saturated rings. The van der Waals surface area contributed by atoms with E-state index in [0.717, 1.165) is 30.5 Å². The molecule has 0 saturated heterocycles. The summed E-state index contributed by atoms with van der Waals surface area (Å²) < 4.78 is 0. The summed E-state index contributed by atoms with van der Waals surface area (Å²) in [5.74, 6) is 0.110. The fourth-order valence-electron chi connectivity index (χ4n) is 2.19. The first-order valence-electron chi connectivity index (χ1n) is 7.29. The van der Waals surface area contributed by atoms with Gasteiger partial charge in [-0.2, -0.15) is 0 Å². The average Bonchev–Trinajstić information content (AvgIpc) is 2.39. The summed E-state index contributed by atoms with van der Waals surface area (Å²) in [6.07, 6.45) is 6.04. The van der Waals surface area contributed by atoms with Crippen LogP contribution in [0.5, 0.6) is 0 Å². The van der Waals surface area contributed by atoms with E-state index in [0.29, 0.717) is 12.5 Å². The molecular weight excluding hydrogens is 236 g/mol. The number of anilines is 1. The van der Waals surface area contributed by atoms with Crippen LogP contribution in [0.3, 0.4) is 0 Å². The third-order valence-electron chi connectivity index (χ3n) is 3.25. The van der Waals surface area contributed by atoms with E-state index >= 15 is 0 Å². The van der Waals surface area contributed by atoms with Gasteiger partial charge in [0.15, 0.2) is 0 Å². The van der Waals surface area contributed by atoms with Crippen LogP contribution < -0.4 is 11.1 Å². The maximum absolute atomic E-state index is 12.0. The molecule has 1 aromatic rings. The minimum atomic E-state index is 0.110. The molecular formula is C16H26N2O. The van der Waals surface area contributed by atoms with Crippen LogP contribution in [0.15, 0.2) is 24.3 Å². The third kappa shape index (κ3) is 6.27. The Morgan fingerprint density at radius 1 is 1.16 bits per heavy atom.